The molecule has 3 nitrogen and oxygen atoms in total. The molecule has 0 atom stereocenters. The zero-order valence-corrected chi connectivity index (χ0v) is 21.9. The summed E-state index contributed by atoms with van der Waals surface area (Å²) < 4.78 is 6.02. The number of aromatic nitrogens is 2. The lowest BCUT2D eigenvalue weighted by Gasteiger charge is -2.28. The molecule has 3 heteroatoms. The summed E-state index contributed by atoms with van der Waals surface area (Å²) in [6.45, 7) is 5.39. The fraction of sp³-hybridized carbons (Fsp3) is 0.677. The lowest BCUT2D eigenvalue weighted by Crippen LogP contribution is -2.15. The molecule has 1 aromatic carbocycles. The number of nitrogens with zero attached hydrogens (tertiary/aromatic N) is 2. The Balaban J connectivity index is 1.31. The number of benzene rings is 1. The van der Waals surface area contributed by atoms with Crippen LogP contribution in [-0.4, -0.2) is 16.6 Å². The predicted octanol–water partition coefficient (Wildman–Crippen LogP) is 9.20. The van der Waals surface area contributed by atoms with Gasteiger partial charge < -0.3 is 4.74 Å². The highest BCUT2D eigenvalue weighted by molar-refractivity contribution is 5.55. The second-order valence-electron chi connectivity index (χ2n) is 10.5. The van der Waals surface area contributed by atoms with E-state index in [4.69, 9.17) is 4.74 Å². The van der Waals surface area contributed by atoms with E-state index in [0.29, 0.717) is 0 Å². The number of aryl methyl sites for hydroxylation is 1. The van der Waals surface area contributed by atoms with Gasteiger partial charge in [0.1, 0.15) is 5.75 Å². The lowest BCUT2D eigenvalue weighted by molar-refractivity contribution is 0.228. The Hall–Kier alpha value is -1.90. The van der Waals surface area contributed by atoms with Gasteiger partial charge in [0.15, 0.2) is 5.82 Å². The first-order chi connectivity index (χ1) is 16.8. The Bertz CT molecular complexity index is 763. The van der Waals surface area contributed by atoms with Crippen LogP contribution in [0.3, 0.4) is 0 Å². The van der Waals surface area contributed by atoms with E-state index in [1.807, 2.05) is 12.4 Å². The summed E-state index contributed by atoms with van der Waals surface area (Å²) in [5.74, 6) is 3.68. The van der Waals surface area contributed by atoms with Crippen LogP contribution in [0.5, 0.6) is 5.75 Å². The Morgan fingerprint density at radius 3 is 1.94 bits per heavy atom. The summed E-state index contributed by atoms with van der Waals surface area (Å²) in [5, 5.41) is 0. The molecule has 0 saturated heterocycles. The second-order valence-corrected chi connectivity index (χ2v) is 10.5. The SMILES string of the molecule is CCCCCCCCc1cnc(-c2ccc(OCCCC3CCC(CCCC)CC3)cc2)nc1. The molecule has 3 rings (SSSR count). The van der Waals surface area contributed by atoms with Crippen LogP contribution in [0.2, 0.25) is 0 Å². The van der Waals surface area contributed by atoms with Crippen LogP contribution in [-0.2, 0) is 6.42 Å². The Labute approximate surface area is 209 Å². The van der Waals surface area contributed by atoms with Crippen molar-refractivity contribution >= 4 is 0 Å². The van der Waals surface area contributed by atoms with Crippen molar-refractivity contribution in [3.63, 3.8) is 0 Å². The van der Waals surface area contributed by atoms with Crippen molar-refractivity contribution in [2.24, 2.45) is 11.8 Å². The molecule has 1 aromatic heterocycles. The molecule has 1 saturated carbocycles. The summed E-state index contributed by atoms with van der Waals surface area (Å²) in [6, 6.07) is 8.27. The van der Waals surface area contributed by atoms with Gasteiger partial charge in [0, 0.05) is 18.0 Å². The van der Waals surface area contributed by atoms with Crippen LogP contribution in [0.25, 0.3) is 11.4 Å². The third-order valence-corrected chi connectivity index (χ3v) is 7.59. The van der Waals surface area contributed by atoms with Crippen LogP contribution in [0.1, 0.15) is 116 Å². The second kappa shape index (κ2) is 15.9. The largest absolute Gasteiger partial charge is 0.494 e. The van der Waals surface area contributed by atoms with Gasteiger partial charge in [0.25, 0.3) is 0 Å². The average molecular weight is 465 g/mol. The van der Waals surface area contributed by atoms with Gasteiger partial charge >= 0.3 is 0 Å². The molecule has 34 heavy (non-hydrogen) atoms. The normalized spacial score (nSPS) is 18.2. The van der Waals surface area contributed by atoms with Crippen LogP contribution in [0, 0.1) is 11.8 Å². The molecule has 0 spiro atoms. The minimum absolute atomic E-state index is 0.799. The summed E-state index contributed by atoms with van der Waals surface area (Å²) in [4.78, 5) is 9.21. The first-order valence-corrected chi connectivity index (χ1v) is 14.3. The maximum absolute atomic E-state index is 6.02. The first-order valence-electron chi connectivity index (χ1n) is 14.3. The molecule has 1 aliphatic carbocycles. The highest BCUT2D eigenvalue weighted by Crippen LogP contribution is 2.34. The van der Waals surface area contributed by atoms with Gasteiger partial charge in [-0.15, -0.1) is 0 Å². The molecule has 0 radical (unpaired) electrons. The summed E-state index contributed by atoms with van der Waals surface area (Å²) in [5.41, 5.74) is 2.30. The molecule has 0 amide bonds. The molecule has 1 fully saturated rings. The van der Waals surface area contributed by atoms with Crippen LogP contribution < -0.4 is 4.74 Å². The van der Waals surface area contributed by atoms with E-state index in [-0.39, 0.29) is 0 Å². The van der Waals surface area contributed by atoms with Gasteiger partial charge in [0.05, 0.1) is 6.61 Å². The minimum Gasteiger partial charge on any atom is -0.494 e. The van der Waals surface area contributed by atoms with E-state index in [1.54, 1.807) is 0 Å². The third kappa shape index (κ3) is 9.76. The van der Waals surface area contributed by atoms with Gasteiger partial charge in [-0.2, -0.15) is 0 Å². The van der Waals surface area contributed by atoms with Crippen molar-refractivity contribution in [2.45, 2.75) is 117 Å². The average Bonchev–Trinajstić information content (AvgIpc) is 2.89. The topological polar surface area (TPSA) is 35.0 Å². The van der Waals surface area contributed by atoms with E-state index < -0.39 is 0 Å². The number of unbranched alkanes of at least 4 members (excludes halogenated alkanes) is 6. The molecule has 2 aromatic rings. The molecular formula is C31H48N2O. The van der Waals surface area contributed by atoms with Gasteiger partial charge in [-0.25, -0.2) is 9.97 Å². The van der Waals surface area contributed by atoms with E-state index >= 15 is 0 Å². The molecule has 1 heterocycles. The highest BCUT2D eigenvalue weighted by atomic mass is 16.5. The smallest absolute Gasteiger partial charge is 0.159 e. The fourth-order valence-electron chi connectivity index (χ4n) is 5.31. The number of hydrogen-bond acceptors (Lipinski definition) is 3. The molecular weight excluding hydrogens is 416 g/mol. The van der Waals surface area contributed by atoms with Crippen molar-refractivity contribution in [3.8, 4) is 17.1 Å². The van der Waals surface area contributed by atoms with E-state index in [0.717, 1.165) is 48.4 Å². The van der Waals surface area contributed by atoms with Crippen LogP contribution >= 0.6 is 0 Å². The van der Waals surface area contributed by atoms with Crippen molar-refractivity contribution in [2.75, 3.05) is 6.61 Å². The van der Waals surface area contributed by atoms with Crippen LogP contribution in [0.4, 0.5) is 0 Å². The third-order valence-electron chi connectivity index (χ3n) is 7.59. The van der Waals surface area contributed by atoms with Gasteiger partial charge in [-0.3, -0.25) is 0 Å². The molecule has 1 aliphatic rings. The predicted molar refractivity (Wildman–Crippen MR) is 144 cm³/mol. The minimum atomic E-state index is 0.799. The maximum atomic E-state index is 6.02. The number of ether oxygens (including phenoxy) is 1. The van der Waals surface area contributed by atoms with E-state index in [9.17, 15) is 0 Å². The summed E-state index contributed by atoms with van der Waals surface area (Å²) in [6.07, 6.45) is 25.5. The number of rotatable bonds is 16. The molecule has 0 bridgehead atoms. The van der Waals surface area contributed by atoms with Gasteiger partial charge in [-0.05, 0) is 67.3 Å². The van der Waals surface area contributed by atoms with Crippen LogP contribution in [0.15, 0.2) is 36.7 Å². The number of hydrogen-bond donors (Lipinski definition) is 0. The maximum Gasteiger partial charge on any atom is 0.159 e. The molecule has 0 unspecified atom stereocenters. The standard InChI is InChI=1S/C31H48N2O/c1-3-5-7-8-9-10-13-28-24-32-31(33-25-28)29-19-21-30(22-20-29)34-23-11-14-27-17-15-26(16-18-27)12-6-4-2/h19-22,24-27H,3-18,23H2,1-2H3. The quantitative estimate of drug-likeness (QED) is 0.232. The first kappa shape index (κ1) is 26.7. The zero-order valence-electron chi connectivity index (χ0n) is 21.9. The van der Waals surface area contributed by atoms with Crippen molar-refractivity contribution < 1.29 is 4.74 Å². The van der Waals surface area contributed by atoms with Gasteiger partial charge in [-0.1, -0.05) is 90.9 Å². The lowest BCUT2D eigenvalue weighted by atomic mass is 9.78. The zero-order chi connectivity index (χ0) is 23.8. The molecule has 188 valence electrons. The summed E-state index contributed by atoms with van der Waals surface area (Å²) >= 11 is 0. The van der Waals surface area contributed by atoms with E-state index in [1.165, 1.54) is 95.5 Å². The van der Waals surface area contributed by atoms with Gasteiger partial charge in [0.2, 0.25) is 0 Å². The van der Waals surface area contributed by atoms with Crippen molar-refractivity contribution in [3.05, 3.63) is 42.2 Å². The molecule has 0 N–H and O–H groups in total. The fourth-order valence-corrected chi connectivity index (χ4v) is 5.31. The van der Waals surface area contributed by atoms with Crippen molar-refractivity contribution in [1.82, 2.24) is 9.97 Å². The van der Waals surface area contributed by atoms with E-state index in [2.05, 4.69) is 48.1 Å². The molecule has 0 aliphatic heterocycles. The van der Waals surface area contributed by atoms with Crippen molar-refractivity contribution in [1.29, 1.82) is 0 Å². The Kier molecular flexibility index (Phi) is 12.5. The summed E-state index contributed by atoms with van der Waals surface area (Å²) in [7, 11) is 0. The highest BCUT2D eigenvalue weighted by Gasteiger charge is 2.20. The monoisotopic (exact) mass is 464 g/mol. The Morgan fingerprint density at radius 2 is 1.29 bits per heavy atom. The Morgan fingerprint density at radius 1 is 0.706 bits per heavy atom.